The summed E-state index contributed by atoms with van der Waals surface area (Å²) in [6.45, 7) is 1.85. The predicted molar refractivity (Wildman–Crippen MR) is 67.2 cm³/mol. The summed E-state index contributed by atoms with van der Waals surface area (Å²) in [7, 11) is 0. The van der Waals surface area contributed by atoms with Crippen LogP contribution in [-0.4, -0.2) is 21.3 Å². The Bertz CT molecular complexity index is 373. The monoisotopic (exact) mass is 353 g/mol. The first-order chi connectivity index (χ1) is 7.04. The van der Waals surface area contributed by atoms with Gasteiger partial charge in [0.15, 0.2) is 0 Å². The highest BCUT2D eigenvalue weighted by atomic mass is 79.9. The van der Waals surface area contributed by atoms with Gasteiger partial charge in [-0.1, -0.05) is 18.7 Å². The lowest BCUT2D eigenvalue weighted by Gasteiger charge is -2.09. The van der Waals surface area contributed by atoms with E-state index in [-0.39, 0.29) is 0 Å². The summed E-state index contributed by atoms with van der Waals surface area (Å²) in [6, 6.07) is 1.85. The molecule has 0 bridgehead atoms. The summed E-state index contributed by atoms with van der Waals surface area (Å²) in [5, 5.41) is 9.16. The Morgan fingerprint density at radius 1 is 1.67 bits per heavy atom. The molecule has 82 valence electrons. The number of pyridine rings is 1. The van der Waals surface area contributed by atoms with Crippen molar-refractivity contribution in [2.24, 2.45) is 0 Å². The Balaban J connectivity index is 2.84. The SMILES string of the molecule is CCC(Sc1ncc(Br)cc1Br)C(=O)O. The third-order valence-electron chi connectivity index (χ3n) is 1.67. The second-order valence-corrected chi connectivity index (χ2v) is 5.75. The van der Waals surface area contributed by atoms with Crippen molar-refractivity contribution in [3.8, 4) is 0 Å². The molecule has 1 rings (SSSR count). The van der Waals surface area contributed by atoms with Crippen LogP contribution >= 0.6 is 43.6 Å². The Hall–Kier alpha value is -0.0700. The number of nitrogens with zero attached hydrogens (tertiary/aromatic N) is 1. The molecule has 0 aliphatic rings. The van der Waals surface area contributed by atoms with Crippen molar-refractivity contribution >= 4 is 49.6 Å². The normalized spacial score (nSPS) is 12.5. The van der Waals surface area contributed by atoms with Crippen LogP contribution in [0.4, 0.5) is 0 Å². The Morgan fingerprint density at radius 2 is 2.33 bits per heavy atom. The number of halogens is 2. The summed E-state index contributed by atoms with van der Waals surface area (Å²) >= 11 is 7.89. The largest absolute Gasteiger partial charge is 0.480 e. The van der Waals surface area contributed by atoms with E-state index in [4.69, 9.17) is 5.11 Å². The van der Waals surface area contributed by atoms with Crippen LogP contribution in [0.2, 0.25) is 0 Å². The van der Waals surface area contributed by atoms with Gasteiger partial charge in [-0.3, -0.25) is 4.79 Å². The van der Waals surface area contributed by atoms with Crippen LogP contribution in [0.25, 0.3) is 0 Å². The maximum Gasteiger partial charge on any atom is 0.317 e. The predicted octanol–water partition coefficient (Wildman–Crippen LogP) is 3.56. The molecule has 0 amide bonds. The van der Waals surface area contributed by atoms with Gasteiger partial charge in [0.1, 0.15) is 10.3 Å². The van der Waals surface area contributed by atoms with E-state index in [1.807, 2.05) is 13.0 Å². The first kappa shape index (κ1) is 13.0. The minimum absolute atomic E-state index is 0.449. The van der Waals surface area contributed by atoms with Crippen LogP contribution < -0.4 is 0 Å². The molecule has 1 aromatic heterocycles. The van der Waals surface area contributed by atoms with Gasteiger partial charge in [-0.15, -0.1) is 0 Å². The number of carboxylic acids is 1. The van der Waals surface area contributed by atoms with E-state index >= 15 is 0 Å². The van der Waals surface area contributed by atoms with E-state index in [1.54, 1.807) is 6.20 Å². The molecule has 0 fully saturated rings. The van der Waals surface area contributed by atoms with Crippen molar-refractivity contribution in [3.05, 3.63) is 21.2 Å². The fourth-order valence-electron chi connectivity index (χ4n) is 0.932. The van der Waals surface area contributed by atoms with Crippen molar-refractivity contribution in [2.45, 2.75) is 23.6 Å². The first-order valence-electron chi connectivity index (χ1n) is 4.25. The van der Waals surface area contributed by atoms with E-state index in [0.29, 0.717) is 11.4 Å². The molecule has 0 saturated heterocycles. The zero-order chi connectivity index (χ0) is 11.4. The van der Waals surface area contributed by atoms with E-state index < -0.39 is 11.2 Å². The molecule has 1 N–H and O–H groups in total. The highest BCUT2D eigenvalue weighted by Crippen LogP contribution is 2.31. The van der Waals surface area contributed by atoms with Gasteiger partial charge in [0.05, 0.1) is 4.47 Å². The number of thioether (sulfide) groups is 1. The maximum absolute atomic E-state index is 10.8. The number of hydrogen-bond acceptors (Lipinski definition) is 3. The summed E-state index contributed by atoms with van der Waals surface area (Å²) in [5.41, 5.74) is 0. The number of aromatic nitrogens is 1. The maximum atomic E-state index is 10.8. The standard InChI is InChI=1S/C9H9Br2NO2S/c1-2-7(9(13)14)15-8-6(11)3-5(10)4-12-8/h3-4,7H,2H2,1H3,(H,13,14). The molecule has 1 unspecified atom stereocenters. The van der Waals surface area contributed by atoms with Crippen molar-refractivity contribution in [3.63, 3.8) is 0 Å². The molecule has 0 aliphatic heterocycles. The summed E-state index contributed by atoms with van der Waals surface area (Å²) in [5.74, 6) is -0.806. The van der Waals surface area contributed by atoms with Gasteiger partial charge in [0, 0.05) is 10.7 Å². The molecule has 1 heterocycles. The van der Waals surface area contributed by atoms with Gasteiger partial charge in [0.2, 0.25) is 0 Å². The van der Waals surface area contributed by atoms with Crippen LogP contribution in [0, 0.1) is 0 Å². The number of carbonyl (C=O) groups is 1. The topological polar surface area (TPSA) is 50.2 Å². The quantitative estimate of drug-likeness (QED) is 0.840. The lowest BCUT2D eigenvalue weighted by Crippen LogP contribution is -2.15. The molecular weight excluding hydrogens is 346 g/mol. The zero-order valence-electron chi connectivity index (χ0n) is 7.91. The fraction of sp³-hybridized carbons (Fsp3) is 0.333. The number of aliphatic carboxylic acids is 1. The van der Waals surface area contributed by atoms with Crippen LogP contribution in [0.1, 0.15) is 13.3 Å². The van der Waals surface area contributed by atoms with Crippen molar-refractivity contribution in [1.29, 1.82) is 0 Å². The summed E-state index contributed by atoms with van der Waals surface area (Å²) in [6.07, 6.45) is 2.23. The molecule has 0 aromatic carbocycles. The van der Waals surface area contributed by atoms with Crippen LogP contribution in [0.15, 0.2) is 26.2 Å². The smallest absolute Gasteiger partial charge is 0.317 e. The summed E-state index contributed by atoms with van der Waals surface area (Å²) < 4.78 is 1.67. The molecule has 1 atom stereocenters. The number of hydrogen-bond donors (Lipinski definition) is 1. The first-order valence-corrected chi connectivity index (χ1v) is 6.71. The molecule has 0 aliphatic carbocycles. The zero-order valence-corrected chi connectivity index (χ0v) is 11.9. The van der Waals surface area contributed by atoms with Crippen LogP contribution in [-0.2, 0) is 4.79 Å². The van der Waals surface area contributed by atoms with Crippen LogP contribution in [0.3, 0.4) is 0 Å². The lowest BCUT2D eigenvalue weighted by molar-refractivity contribution is -0.136. The molecule has 0 radical (unpaired) electrons. The minimum Gasteiger partial charge on any atom is -0.480 e. The molecule has 6 heteroatoms. The Labute approximate surface area is 109 Å². The van der Waals surface area contributed by atoms with Gasteiger partial charge in [-0.25, -0.2) is 4.98 Å². The van der Waals surface area contributed by atoms with Gasteiger partial charge in [-0.05, 0) is 44.3 Å². The van der Waals surface area contributed by atoms with Gasteiger partial charge in [0.25, 0.3) is 0 Å². The van der Waals surface area contributed by atoms with E-state index in [1.165, 1.54) is 11.8 Å². The second-order valence-electron chi connectivity index (χ2n) is 2.79. The van der Waals surface area contributed by atoms with Crippen molar-refractivity contribution in [2.75, 3.05) is 0 Å². The number of carboxylic acid groups (broad SMARTS) is 1. The highest BCUT2D eigenvalue weighted by molar-refractivity contribution is 9.11. The van der Waals surface area contributed by atoms with Crippen molar-refractivity contribution < 1.29 is 9.90 Å². The molecular formula is C9H9Br2NO2S. The molecule has 1 aromatic rings. The molecule has 0 saturated carbocycles. The summed E-state index contributed by atoms with van der Waals surface area (Å²) in [4.78, 5) is 15.0. The lowest BCUT2D eigenvalue weighted by atomic mass is 10.3. The number of rotatable bonds is 4. The highest BCUT2D eigenvalue weighted by Gasteiger charge is 2.18. The van der Waals surface area contributed by atoms with Gasteiger partial charge in [-0.2, -0.15) is 0 Å². The van der Waals surface area contributed by atoms with E-state index in [0.717, 1.165) is 8.95 Å². The van der Waals surface area contributed by atoms with Gasteiger partial charge >= 0.3 is 5.97 Å². The second kappa shape index (κ2) is 5.86. The fourth-order valence-corrected chi connectivity index (χ4v) is 3.02. The van der Waals surface area contributed by atoms with Crippen LogP contribution in [0.5, 0.6) is 0 Å². The molecule has 0 spiro atoms. The Morgan fingerprint density at radius 3 is 2.80 bits per heavy atom. The molecule has 15 heavy (non-hydrogen) atoms. The average Bonchev–Trinajstić information content (AvgIpc) is 2.16. The molecule has 3 nitrogen and oxygen atoms in total. The Kier molecular flexibility index (Phi) is 5.08. The minimum atomic E-state index is -0.806. The van der Waals surface area contributed by atoms with E-state index in [9.17, 15) is 4.79 Å². The van der Waals surface area contributed by atoms with Crippen molar-refractivity contribution in [1.82, 2.24) is 4.98 Å². The van der Waals surface area contributed by atoms with E-state index in [2.05, 4.69) is 36.8 Å². The third kappa shape index (κ3) is 3.77. The average molecular weight is 355 g/mol. The third-order valence-corrected chi connectivity index (χ3v) is 4.34. The van der Waals surface area contributed by atoms with Gasteiger partial charge < -0.3 is 5.11 Å².